The Hall–Kier alpha value is -1.34. The zero-order valence-electron chi connectivity index (χ0n) is 8.44. The van der Waals surface area contributed by atoms with Crippen LogP contribution >= 0.6 is 0 Å². The topological polar surface area (TPSA) is 55.4 Å². The Morgan fingerprint density at radius 3 is 2.31 bits per heavy atom. The van der Waals surface area contributed by atoms with E-state index in [1.54, 1.807) is 0 Å². The molecular weight excluding hydrogens is 234 g/mol. The van der Waals surface area contributed by atoms with Crippen LogP contribution in [0.2, 0.25) is 0 Å². The molecule has 1 N–H and O–H groups in total. The molecule has 0 unspecified atom stereocenters. The van der Waals surface area contributed by atoms with E-state index < -0.39 is 30.8 Å². The Labute approximate surface area is 88.9 Å². The van der Waals surface area contributed by atoms with Crippen LogP contribution in [0.15, 0.2) is 0 Å². The molecule has 0 aromatic carbocycles. The van der Waals surface area contributed by atoms with Gasteiger partial charge in [0.2, 0.25) is 0 Å². The first-order valence-corrected chi connectivity index (χ1v) is 4.31. The highest BCUT2D eigenvalue weighted by Gasteiger charge is 2.39. The molecule has 0 fully saturated rings. The molecule has 0 radical (unpaired) electrons. The lowest BCUT2D eigenvalue weighted by atomic mass is 10.2. The predicted octanol–water partition coefficient (Wildman–Crippen LogP) is 0.956. The third-order valence-corrected chi connectivity index (χ3v) is 1.70. The lowest BCUT2D eigenvalue weighted by Gasteiger charge is -2.15. The van der Waals surface area contributed by atoms with E-state index in [4.69, 9.17) is 0 Å². The van der Waals surface area contributed by atoms with Gasteiger partial charge in [-0.3, -0.25) is 9.59 Å². The first kappa shape index (κ1) is 14.7. The summed E-state index contributed by atoms with van der Waals surface area (Å²) in [5.74, 6) is -2.90. The van der Waals surface area contributed by atoms with Crippen LogP contribution < -0.4 is 5.32 Å². The Morgan fingerprint density at radius 1 is 1.38 bits per heavy atom. The van der Waals surface area contributed by atoms with Gasteiger partial charge in [0.25, 0.3) is 0 Å². The largest absolute Gasteiger partial charge is 0.471 e. The van der Waals surface area contributed by atoms with Crippen molar-refractivity contribution in [2.75, 3.05) is 13.8 Å². The van der Waals surface area contributed by atoms with Gasteiger partial charge in [-0.25, -0.2) is 4.39 Å². The highest BCUT2D eigenvalue weighted by atomic mass is 19.4. The Balaban J connectivity index is 4.11. The normalized spacial score (nSPS) is 13.1. The fourth-order valence-electron chi connectivity index (χ4n) is 0.849. The molecule has 94 valence electrons. The summed E-state index contributed by atoms with van der Waals surface area (Å²) in [5, 5.41) is 1.44. The van der Waals surface area contributed by atoms with Crippen molar-refractivity contribution < 1.29 is 31.9 Å². The SMILES string of the molecule is COC(=O)CC[C@@H](CF)NC(=O)C(F)(F)F. The van der Waals surface area contributed by atoms with Crippen molar-refractivity contribution in [1.82, 2.24) is 5.32 Å². The summed E-state index contributed by atoms with van der Waals surface area (Å²) in [6.45, 7) is -1.18. The first-order valence-electron chi connectivity index (χ1n) is 4.31. The van der Waals surface area contributed by atoms with Crippen molar-refractivity contribution in [3.63, 3.8) is 0 Å². The number of halogens is 4. The summed E-state index contributed by atoms with van der Waals surface area (Å²) in [6.07, 6.45) is -5.56. The lowest BCUT2D eigenvalue weighted by molar-refractivity contribution is -0.174. The summed E-state index contributed by atoms with van der Waals surface area (Å²) in [5.41, 5.74) is 0. The summed E-state index contributed by atoms with van der Waals surface area (Å²) >= 11 is 0. The average Bonchev–Trinajstić information content (AvgIpc) is 2.21. The maximum absolute atomic E-state index is 12.2. The predicted molar refractivity (Wildman–Crippen MR) is 45.2 cm³/mol. The molecule has 0 heterocycles. The fourth-order valence-corrected chi connectivity index (χ4v) is 0.849. The third kappa shape index (κ3) is 5.52. The van der Waals surface area contributed by atoms with Crippen LogP contribution in [0.3, 0.4) is 0 Å². The average molecular weight is 245 g/mol. The molecule has 0 saturated carbocycles. The number of methoxy groups -OCH3 is 1. The second-order valence-corrected chi connectivity index (χ2v) is 2.94. The lowest BCUT2D eigenvalue weighted by Crippen LogP contribution is -2.44. The van der Waals surface area contributed by atoms with Crippen LogP contribution in [0.5, 0.6) is 0 Å². The molecular formula is C8H11F4NO3. The van der Waals surface area contributed by atoms with E-state index in [0.717, 1.165) is 7.11 Å². The smallest absolute Gasteiger partial charge is 0.469 e. The van der Waals surface area contributed by atoms with Gasteiger partial charge in [-0.05, 0) is 6.42 Å². The van der Waals surface area contributed by atoms with E-state index in [1.165, 1.54) is 5.32 Å². The molecule has 1 amide bonds. The van der Waals surface area contributed by atoms with E-state index in [1.807, 2.05) is 0 Å². The minimum atomic E-state index is -5.06. The summed E-state index contributed by atoms with van der Waals surface area (Å²) < 4.78 is 51.8. The van der Waals surface area contributed by atoms with Gasteiger partial charge >= 0.3 is 18.1 Å². The minimum Gasteiger partial charge on any atom is -0.469 e. The number of carbonyl (C=O) groups is 2. The van der Waals surface area contributed by atoms with Crippen LogP contribution in [-0.2, 0) is 14.3 Å². The monoisotopic (exact) mass is 245 g/mol. The number of nitrogens with one attached hydrogen (secondary N) is 1. The van der Waals surface area contributed by atoms with Crippen molar-refractivity contribution >= 4 is 11.9 Å². The van der Waals surface area contributed by atoms with Gasteiger partial charge in [-0.15, -0.1) is 0 Å². The highest BCUT2D eigenvalue weighted by molar-refractivity contribution is 5.82. The first-order chi connectivity index (χ1) is 7.31. The third-order valence-electron chi connectivity index (χ3n) is 1.70. The van der Waals surface area contributed by atoms with Crippen LogP contribution in [0.25, 0.3) is 0 Å². The summed E-state index contributed by atoms with van der Waals surface area (Å²) in [4.78, 5) is 21.1. The summed E-state index contributed by atoms with van der Waals surface area (Å²) in [6, 6.07) is -1.34. The van der Waals surface area contributed by atoms with E-state index in [-0.39, 0.29) is 12.8 Å². The number of alkyl halides is 4. The van der Waals surface area contributed by atoms with Crippen LogP contribution in [0.4, 0.5) is 17.6 Å². The van der Waals surface area contributed by atoms with Gasteiger partial charge in [0.1, 0.15) is 6.67 Å². The van der Waals surface area contributed by atoms with E-state index in [0.29, 0.717) is 0 Å². The maximum atomic E-state index is 12.2. The van der Waals surface area contributed by atoms with E-state index in [9.17, 15) is 27.2 Å². The molecule has 4 nitrogen and oxygen atoms in total. The second kappa shape index (κ2) is 6.29. The van der Waals surface area contributed by atoms with Crippen molar-refractivity contribution in [3.8, 4) is 0 Å². The quantitative estimate of drug-likeness (QED) is 0.579. The van der Waals surface area contributed by atoms with Gasteiger partial charge in [0, 0.05) is 6.42 Å². The van der Waals surface area contributed by atoms with Crippen molar-refractivity contribution in [1.29, 1.82) is 0 Å². The molecule has 1 atom stereocenters. The second-order valence-electron chi connectivity index (χ2n) is 2.94. The zero-order valence-corrected chi connectivity index (χ0v) is 8.44. The van der Waals surface area contributed by atoms with Crippen molar-refractivity contribution in [3.05, 3.63) is 0 Å². The number of rotatable bonds is 5. The Kier molecular flexibility index (Phi) is 5.76. The van der Waals surface area contributed by atoms with Crippen molar-refractivity contribution in [2.24, 2.45) is 0 Å². The molecule has 0 aliphatic rings. The van der Waals surface area contributed by atoms with Gasteiger partial charge in [0.15, 0.2) is 0 Å². The van der Waals surface area contributed by atoms with Crippen LogP contribution in [0, 0.1) is 0 Å². The summed E-state index contributed by atoms with van der Waals surface area (Å²) in [7, 11) is 1.10. The van der Waals surface area contributed by atoms with Gasteiger partial charge in [-0.2, -0.15) is 13.2 Å². The molecule has 16 heavy (non-hydrogen) atoms. The number of hydrogen-bond acceptors (Lipinski definition) is 3. The molecule has 0 aliphatic heterocycles. The number of amides is 1. The Morgan fingerprint density at radius 2 is 1.94 bits per heavy atom. The Bertz CT molecular complexity index is 254. The molecule has 0 rings (SSSR count). The van der Waals surface area contributed by atoms with Gasteiger partial charge in [0.05, 0.1) is 13.2 Å². The standard InChI is InChI=1S/C8H11F4NO3/c1-16-6(14)3-2-5(4-9)13-7(15)8(10,11)12/h5H,2-4H2,1H3,(H,13,15)/t5-/m0/s1. The molecule has 0 aliphatic carbocycles. The molecule has 0 bridgehead atoms. The zero-order chi connectivity index (χ0) is 12.8. The van der Waals surface area contributed by atoms with E-state index >= 15 is 0 Å². The number of carbonyl (C=O) groups excluding carboxylic acids is 2. The molecule has 0 saturated heterocycles. The van der Waals surface area contributed by atoms with E-state index in [2.05, 4.69) is 4.74 Å². The maximum Gasteiger partial charge on any atom is 0.471 e. The molecule has 0 spiro atoms. The van der Waals surface area contributed by atoms with Gasteiger partial charge in [-0.1, -0.05) is 0 Å². The minimum absolute atomic E-state index is 0.245. The number of esters is 1. The molecule has 8 heteroatoms. The number of hydrogen-bond donors (Lipinski definition) is 1. The number of ether oxygens (including phenoxy) is 1. The van der Waals surface area contributed by atoms with Crippen molar-refractivity contribution in [2.45, 2.75) is 25.1 Å². The molecule has 0 aromatic rings. The van der Waals surface area contributed by atoms with Crippen LogP contribution in [0.1, 0.15) is 12.8 Å². The van der Waals surface area contributed by atoms with Gasteiger partial charge < -0.3 is 10.1 Å². The van der Waals surface area contributed by atoms with Crippen LogP contribution in [-0.4, -0.2) is 37.9 Å². The fraction of sp³-hybridized carbons (Fsp3) is 0.750. The highest BCUT2D eigenvalue weighted by Crippen LogP contribution is 2.15. The molecule has 0 aromatic heterocycles.